The molecule has 0 aromatic carbocycles. The summed E-state index contributed by atoms with van der Waals surface area (Å²) in [5, 5.41) is -0.0856. The third-order valence-electron chi connectivity index (χ3n) is 2.66. The quantitative estimate of drug-likeness (QED) is 0.498. The van der Waals surface area contributed by atoms with Gasteiger partial charge in [0.1, 0.15) is 0 Å². The van der Waals surface area contributed by atoms with Gasteiger partial charge < -0.3 is 0 Å². The molecular formula is C7H15Cl3Si. The maximum Gasteiger partial charge on any atom is 0.347 e. The van der Waals surface area contributed by atoms with Gasteiger partial charge in [-0.1, -0.05) is 27.7 Å². The van der Waals surface area contributed by atoms with E-state index < -0.39 is 6.00 Å². The van der Waals surface area contributed by atoms with E-state index in [0.29, 0.717) is 5.92 Å². The maximum atomic E-state index is 6.01. The molecule has 11 heavy (non-hydrogen) atoms. The Kier molecular flexibility index (Phi) is 4.25. The van der Waals surface area contributed by atoms with Crippen LogP contribution in [0.4, 0.5) is 0 Å². The van der Waals surface area contributed by atoms with Crippen LogP contribution in [-0.4, -0.2) is 6.00 Å². The molecule has 0 rings (SSSR count). The number of hydrogen-bond donors (Lipinski definition) is 0. The van der Waals surface area contributed by atoms with E-state index in [0.717, 1.165) is 6.42 Å². The van der Waals surface area contributed by atoms with Crippen LogP contribution in [0.25, 0.3) is 0 Å². The molecule has 68 valence electrons. The molecule has 0 fully saturated rings. The van der Waals surface area contributed by atoms with Crippen molar-refractivity contribution in [1.29, 1.82) is 0 Å². The molecule has 0 spiro atoms. The Morgan fingerprint density at radius 3 is 1.64 bits per heavy atom. The normalized spacial score (nSPS) is 18.5. The SMILES string of the molecule is CCC(C)(C(C)C)[Si](Cl)(Cl)Cl. The molecule has 0 N–H and O–H groups in total. The summed E-state index contributed by atoms with van der Waals surface area (Å²) < 4.78 is 0. The Hall–Kier alpha value is 1.09. The average Bonchev–Trinajstić information content (AvgIpc) is 1.83. The van der Waals surface area contributed by atoms with Crippen molar-refractivity contribution in [2.75, 3.05) is 0 Å². The number of halogens is 3. The lowest BCUT2D eigenvalue weighted by atomic mass is 9.94. The molecule has 4 heteroatoms. The molecule has 0 radical (unpaired) electrons. The van der Waals surface area contributed by atoms with Crippen molar-refractivity contribution in [3.63, 3.8) is 0 Å². The Balaban J connectivity index is 4.61. The van der Waals surface area contributed by atoms with Crippen molar-refractivity contribution in [2.24, 2.45) is 5.92 Å². The predicted molar refractivity (Wildman–Crippen MR) is 56.8 cm³/mol. The summed E-state index contributed by atoms with van der Waals surface area (Å²) in [5.41, 5.74) is 0. The summed E-state index contributed by atoms with van der Waals surface area (Å²) in [6, 6.07) is -2.56. The van der Waals surface area contributed by atoms with Gasteiger partial charge in [-0.2, -0.15) is 0 Å². The molecule has 0 amide bonds. The molecule has 0 saturated heterocycles. The van der Waals surface area contributed by atoms with Crippen LogP contribution in [-0.2, 0) is 0 Å². The number of hydrogen-bond acceptors (Lipinski definition) is 0. The molecule has 0 nitrogen and oxygen atoms in total. The summed E-state index contributed by atoms with van der Waals surface area (Å²) in [6.07, 6.45) is 0.938. The first kappa shape index (κ1) is 12.1. The Bertz CT molecular complexity index is 130. The van der Waals surface area contributed by atoms with Crippen LogP contribution >= 0.6 is 33.2 Å². The lowest BCUT2D eigenvalue weighted by molar-refractivity contribution is 0.424. The highest BCUT2D eigenvalue weighted by Gasteiger charge is 2.48. The van der Waals surface area contributed by atoms with Crippen LogP contribution in [0, 0.1) is 5.92 Å². The minimum absolute atomic E-state index is 0.0856. The van der Waals surface area contributed by atoms with Crippen LogP contribution in [0.1, 0.15) is 34.1 Å². The summed E-state index contributed by atoms with van der Waals surface area (Å²) >= 11 is 18.0. The maximum absolute atomic E-state index is 6.01. The van der Waals surface area contributed by atoms with Crippen molar-refractivity contribution in [3.05, 3.63) is 0 Å². The van der Waals surface area contributed by atoms with E-state index in [9.17, 15) is 0 Å². The molecule has 0 bridgehead atoms. The third kappa shape index (κ3) is 2.51. The van der Waals surface area contributed by atoms with Crippen LogP contribution in [0.3, 0.4) is 0 Å². The van der Waals surface area contributed by atoms with Gasteiger partial charge in [0.15, 0.2) is 0 Å². The molecule has 0 heterocycles. The first-order valence-electron chi connectivity index (χ1n) is 3.82. The van der Waals surface area contributed by atoms with Crippen LogP contribution < -0.4 is 0 Å². The summed E-state index contributed by atoms with van der Waals surface area (Å²) in [5.74, 6) is 0.437. The first-order chi connectivity index (χ1) is 4.75. The van der Waals surface area contributed by atoms with Crippen molar-refractivity contribution in [3.8, 4) is 0 Å². The van der Waals surface area contributed by atoms with E-state index in [1.807, 2.05) is 0 Å². The first-order valence-corrected chi connectivity index (χ1v) is 8.86. The minimum atomic E-state index is -2.56. The van der Waals surface area contributed by atoms with Gasteiger partial charge in [-0.25, -0.2) is 0 Å². The molecule has 1 unspecified atom stereocenters. The second kappa shape index (κ2) is 3.86. The van der Waals surface area contributed by atoms with Gasteiger partial charge in [-0.15, -0.1) is 33.2 Å². The highest BCUT2D eigenvalue weighted by Crippen LogP contribution is 2.53. The largest absolute Gasteiger partial charge is 0.347 e. The molecule has 0 aliphatic carbocycles. The Labute approximate surface area is 84.3 Å². The summed E-state index contributed by atoms with van der Waals surface area (Å²) in [4.78, 5) is 0. The fourth-order valence-electron chi connectivity index (χ4n) is 0.936. The van der Waals surface area contributed by atoms with Crippen molar-refractivity contribution in [2.45, 2.75) is 39.2 Å². The fraction of sp³-hybridized carbons (Fsp3) is 1.00. The summed E-state index contributed by atoms with van der Waals surface area (Å²) in [6.45, 7) is 8.36. The monoisotopic (exact) mass is 232 g/mol. The molecule has 0 aliphatic heterocycles. The minimum Gasteiger partial charge on any atom is -0.125 e. The van der Waals surface area contributed by atoms with E-state index >= 15 is 0 Å². The average molecular weight is 234 g/mol. The lowest BCUT2D eigenvalue weighted by Crippen LogP contribution is -2.34. The van der Waals surface area contributed by atoms with E-state index in [1.54, 1.807) is 0 Å². The van der Waals surface area contributed by atoms with Gasteiger partial charge in [0.05, 0.1) is 0 Å². The van der Waals surface area contributed by atoms with E-state index in [4.69, 9.17) is 33.2 Å². The van der Waals surface area contributed by atoms with Crippen molar-refractivity contribution < 1.29 is 0 Å². The second-order valence-electron chi connectivity index (χ2n) is 3.42. The van der Waals surface area contributed by atoms with Gasteiger partial charge in [-0.05, 0) is 12.3 Å². The van der Waals surface area contributed by atoms with Crippen molar-refractivity contribution >= 4 is 39.2 Å². The molecule has 0 aliphatic rings. The zero-order valence-electron chi connectivity index (χ0n) is 7.42. The van der Waals surface area contributed by atoms with E-state index in [1.165, 1.54) is 0 Å². The van der Waals surface area contributed by atoms with Gasteiger partial charge in [0, 0.05) is 5.04 Å². The second-order valence-corrected chi connectivity index (χ2v) is 12.4. The fourth-order valence-corrected chi connectivity index (χ4v) is 5.16. The van der Waals surface area contributed by atoms with E-state index in [-0.39, 0.29) is 5.04 Å². The van der Waals surface area contributed by atoms with E-state index in [2.05, 4.69) is 27.7 Å². The smallest absolute Gasteiger partial charge is 0.125 e. The molecule has 0 aromatic rings. The highest BCUT2D eigenvalue weighted by atomic mass is 35.8. The van der Waals surface area contributed by atoms with Crippen LogP contribution in [0.2, 0.25) is 5.04 Å². The highest BCUT2D eigenvalue weighted by molar-refractivity contribution is 7.65. The lowest BCUT2D eigenvalue weighted by Gasteiger charge is -2.37. The number of rotatable bonds is 3. The molecular weight excluding hydrogens is 219 g/mol. The standard InChI is InChI=1S/C7H15Cl3Si/c1-5-7(4,6(2)3)11(8,9)10/h6H,5H2,1-4H3. The molecule has 1 atom stereocenters. The van der Waals surface area contributed by atoms with Gasteiger partial charge >= 0.3 is 6.00 Å². The zero-order valence-corrected chi connectivity index (χ0v) is 10.7. The van der Waals surface area contributed by atoms with Crippen molar-refractivity contribution in [1.82, 2.24) is 0 Å². The summed E-state index contributed by atoms with van der Waals surface area (Å²) in [7, 11) is 0. The Morgan fingerprint density at radius 2 is 1.64 bits per heavy atom. The van der Waals surface area contributed by atoms with Gasteiger partial charge in [-0.3, -0.25) is 0 Å². The predicted octanol–water partition coefficient (Wildman–Crippen LogP) is 4.47. The van der Waals surface area contributed by atoms with Crippen LogP contribution in [0.5, 0.6) is 0 Å². The Morgan fingerprint density at radius 1 is 1.27 bits per heavy atom. The zero-order chi connectivity index (χ0) is 9.28. The van der Waals surface area contributed by atoms with Gasteiger partial charge in [0.25, 0.3) is 0 Å². The van der Waals surface area contributed by atoms with Crippen LogP contribution in [0.15, 0.2) is 0 Å². The third-order valence-corrected chi connectivity index (χ3v) is 8.77. The van der Waals surface area contributed by atoms with Gasteiger partial charge in [0.2, 0.25) is 0 Å². The topological polar surface area (TPSA) is 0 Å². The molecule has 0 saturated carbocycles. The molecule has 0 aromatic heterocycles.